The monoisotopic (exact) mass is 326 g/mol. The third-order valence-electron chi connectivity index (χ3n) is 3.97. The first kappa shape index (κ1) is 17.1. The van der Waals surface area contributed by atoms with Crippen LogP contribution in [0.25, 0.3) is 0 Å². The third-order valence-corrected chi connectivity index (χ3v) is 5.78. The Bertz CT molecular complexity index is 596. The van der Waals surface area contributed by atoms with Crippen molar-refractivity contribution in [3.8, 4) is 0 Å². The average Bonchev–Trinajstić information content (AvgIpc) is 2.44. The Hall–Kier alpha value is -1.21. The zero-order valence-corrected chi connectivity index (χ0v) is 14.7. The van der Waals surface area contributed by atoms with Gasteiger partial charge in [-0.2, -0.15) is 0 Å². The highest BCUT2D eigenvalue weighted by Gasteiger charge is 2.24. The van der Waals surface area contributed by atoms with Crippen molar-refractivity contribution in [1.82, 2.24) is 14.7 Å². The topological polar surface area (TPSA) is 75.2 Å². The quantitative estimate of drug-likeness (QED) is 0.890. The average molecular weight is 326 g/mol. The number of piperidine rings is 1. The van der Waals surface area contributed by atoms with Gasteiger partial charge in [0.15, 0.2) is 0 Å². The number of sulfonamides is 1. The van der Waals surface area contributed by atoms with E-state index >= 15 is 0 Å². The maximum Gasteiger partial charge on any atom is 0.225 e. The van der Waals surface area contributed by atoms with Crippen LogP contribution < -0.4 is 9.62 Å². The highest BCUT2D eigenvalue weighted by molar-refractivity contribution is 7.90. The number of aryl methyl sites for hydroxylation is 2. The second-order valence-electron chi connectivity index (χ2n) is 6.35. The summed E-state index contributed by atoms with van der Waals surface area (Å²) >= 11 is 0. The van der Waals surface area contributed by atoms with Crippen molar-refractivity contribution in [2.75, 3.05) is 24.5 Å². The molecular formula is C15H26N4O2S. The molecule has 6 nitrogen and oxygen atoms in total. The molecule has 0 amide bonds. The first-order chi connectivity index (χ1) is 10.3. The zero-order valence-electron chi connectivity index (χ0n) is 13.8. The van der Waals surface area contributed by atoms with E-state index in [1.807, 2.05) is 19.9 Å². The van der Waals surface area contributed by atoms with Crippen molar-refractivity contribution >= 4 is 16.0 Å². The van der Waals surface area contributed by atoms with Crippen LogP contribution in [0.3, 0.4) is 0 Å². The predicted octanol–water partition coefficient (Wildman–Crippen LogP) is 1.64. The summed E-state index contributed by atoms with van der Waals surface area (Å²) in [5.41, 5.74) is 1.93. The Morgan fingerprint density at radius 3 is 2.55 bits per heavy atom. The molecule has 1 atom stereocenters. The van der Waals surface area contributed by atoms with Gasteiger partial charge in [0.2, 0.25) is 16.0 Å². The van der Waals surface area contributed by atoms with Gasteiger partial charge < -0.3 is 4.90 Å². The third kappa shape index (κ3) is 4.39. The van der Waals surface area contributed by atoms with Crippen LogP contribution >= 0.6 is 0 Å². The SMILES string of the molecule is Cc1cc(C)nc(N2CCC[C@@H](CNS(=O)(=O)C(C)C)C2)n1. The second-order valence-corrected chi connectivity index (χ2v) is 8.67. The molecule has 1 fully saturated rings. The van der Waals surface area contributed by atoms with E-state index in [4.69, 9.17) is 0 Å². The number of hydrogen-bond acceptors (Lipinski definition) is 5. The molecule has 1 saturated heterocycles. The lowest BCUT2D eigenvalue weighted by Crippen LogP contribution is -2.43. The molecule has 1 aliphatic rings. The highest BCUT2D eigenvalue weighted by Crippen LogP contribution is 2.20. The molecule has 0 aliphatic carbocycles. The Morgan fingerprint density at radius 1 is 1.32 bits per heavy atom. The van der Waals surface area contributed by atoms with Crippen molar-refractivity contribution < 1.29 is 8.42 Å². The van der Waals surface area contributed by atoms with Crippen molar-refractivity contribution in [3.05, 3.63) is 17.5 Å². The maximum absolute atomic E-state index is 11.9. The lowest BCUT2D eigenvalue weighted by atomic mass is 9.99. The largest absolute Gasteiger partial charge is 0.340 e. The molecule has 124 valence electrons. The fraction of sp³-hybridized carbons (Fsp3) is 0.733. The second kappa shape index (κ2) is 6.91. The van der Waals surface area contributed by atoms with Crippen LogP contribution in [0, 0.1) is 19.8 Å². The van der Waals surface area contributed by atoms with Crippen LogP contribution in [0.4, 0.5) is 5.95 Å². The van der Waals surface area contributed by atoms with Gasteiger partial charge in [0.25, 0.3) is 0 Å². The molecule has 0 unspecified atom stereocenters. The van der Waals surface area contributed by atoms with Crippen LogP contribution in [0.5, 0.6) is 0 Å². The van der Waals surface area contributed by atoms with Crippen LogP contribution in [0.2, 0.25) is 0 Å². The van der Waals surface area contributed by atoms with E-state index < -0.39 is 15.3 Å². The van der Waals surface area contributed by atoms with E-state index in [0.717, 1.165) is 43.3 Å². The van der Waals surface area contributed by atoms with Crippen LogP contribution in [0.15, 0.2) is 6.07 Å². The zero-order chi connectivity index (χ0) is 16.3. The molecular weight excluding hydrogens is 300 g/mol. The van der Waals surface area contributed by atoms with Crippen molar-refractivity contribution in [2.24, 2.45) is 5.92 Å². The number of anilines is 1. The first-order valence-electron chi connectivity index (χ1n) is 7.83. The minimum absolute atomic E-state index is 0.298. The predicted molar refractivity (Wildman–Crippen MR) is 88.5 cm³/mol. The maximum atomic E-state index is 11.9. The molecule has 22 heavy (non-hydrogen) atoms. The molecule has 1 aliphatic heterocycles. The summed E-state index contributed by atoms with van der Waals surface area (Å²) in [6.45, 7) is 9.53. The summed E-state index contributed by atoms with van der Waals surface area (Å²) < 4.78 is 26.5. The Morgan fingerprint density at radius 2 is 1.95 bits per heavy atom. The molecule has 1 N–H and O–H groups in total. The van der Waals surface area contributed by atoms with Gasteiger partial charge in [0, 0.05) is 31.0 Å². The molecule has 0 aromatic carbocycles. The van der Waals surface area contributed by atoms with Crippen LogP contribution in [-0.4, -0.2) is 43.3 Å². The Kier molecular flexibility index (Phi) is 5.39. The normalized spacial score (nSPS) is 19.7. The molecule has 2 heterocycles. The van der Waals surface area contributed by atoms with E-state index in [9.17, 15) is 8.42 Å². The number of nitrogens with one attached hydrogen (secondary N) is 1. The first-order valence-corrected chi connectivity index (χ1v) is 9.38. The molecule has 1 aromatic heterocycles. The van der Waals surface area contributed by atoms with Gasteiger partial charge in [0.1, 0.15) is 0 Å². The molecule has 0 spiro atoms. The van der Waals surface area contributed by atoms with Crippen LogP contribution in [-0.2, 0) is 10.0 Å². The Balaban J connectivity index is 2.00. The minimum atomic E-state index is -3.19. The van der Waals surface area contributed by atoms with E-state index in [-0.39, 0.29) is 0 Å². The fourth-order valence-electron chi connectivity index (χ4n) is 2.66. The molecule has 7 heteroatoms. The lowest BCUT2D eigenvalue weighted by Gasteiger charge is -2.33. The Labute approximate surface area is 133 Å². The van der Waals surface area contributed by atoms with Crippen LogP contribution in [0.1, 0.15) is 38.1 Å². The summed E-state index contributed by atoms with van der Waals surface area (Å²) in [7, 11) is -3.19. The summed E-state index contributed by atoms with van der Waals surface area (Å²) in [6.07, 6.45) is 2.06. The lowest BCUT2D eigenvalue weighted by molar-refractivity contribution is 0.406. The van der Waals surface area contributed by atoms with Crippen molar-refractivity contribution in [1.29, 1.82) is 0 Å². The van der Waals surface area contributed by atoms with Gasteiger partial charge in [-0.05, 0) is 52.5 Å². The molecule has 2 rings (SSSR count). The van der Waals surface area contributed by atoms with Gasteiger partial charge in [-0.3, -0.25) is 0 Å². The van der Waals surface area contributed by atoms with Gasteiger partial charge in [-0.1, -0.05) is 0 Å². The van der Waals surface area contributed by atoms with E-state index in [1.165, 1.54) is 0 Å². The van der Waals surface area contributed by atoms with E-state index in [2.05, 4.69) is 19.6 Å². The number of aromatic nitrogens is 2. The fourth-order valence-corrected chi connectivity index (χ4v) is 3.46. The van der Waals surface area contributed by atoms with Gasteiger partial charge in [0.05, 0.1) is 5.25 Å². The highest BCUT2D eigenvalue weighted by atomic mass is 32.2. The minimum Gasteiger partial charge on any atom is -0.340 e. The van der Waals surface area contributed by atoms with Gasteiger partial charge >= 0.3 is 0 Å². The van der Waals surface area contributed by atoms with Crippen molar-refractivity contribution in [2.45, 2.75) is 45.8 Å². The molecule has 1 aromatic rings. The number of rotatable bonds is 5. The smallest absolute Gasteiger partial charge is 0.225 e. The summed E-state index contributed by atoms with van der Waals surface area (Å²) in [5, 5.41) is -0.394. The molecule has 0 bridgehead atoms. The number of hydrogen-bond donors (Lipinski definition) is 1. The van der Waals surface area contributed by atoms with E-state index in [0.29, 0.717) is 12.5 Å². The van der Waals surface area contributed by atoms with Gasteiger partial charge in [-0.25, -0.2) is 23.1 Å². The molecule has 0 radical (unpaired) electrons. The summed E-state index contributed by atoms with van der Waals surface area (Å²) in [5.74, 6) is 1.06. The summed E-state index contributed by atoms with van der Waals surface area (Å²) in [6, 6.07) is 1.96. The van der Waals surface area contributed by atoms with E-state index in [1.54, 1.807) is 13.8 Å². The molecule has 0 saturated carbocycles. The summed E-state index contributed by atoms with van der Waals surface area (Å²) in [4.78, 5) is 11.2. The van der Waals surface area contributed by atoms with Gasteiger partial charge in [-0.15, -0.1) is 0 Å². The standard InChI is InChI=1S/C15H26N4O2S/c1-11(2)22(20,21)16-9-14-6-5-7-19(10-14)15-17-12(3)8-13(4)18-15/h8,11,14,16H,5-7,9-10H2,1-4H3/t14-/m0/s1. The van der Waals surface area contributed by atoms with Crippen molar-refractivity contribution in [3.63, 3.8) is 0 Å². The number of nitrogens with zero attached hydrogens (tertiary/aromatic N) is 3.